The van der Waals surface area contributed by atoms with Gasteiger partial charge in [-0.25, -0.2) is 4.98 Å². The van der Waals surface area contributed by atoms with E-state index >= 15 is 0 Å². The highest BCUT2D eigenvalue weighted by atomic mass is 32.1. The Bertz CT molecular complexity index is 737. The number of piperidine rings is 1. The molecule has 0 bridgehead atoms. The van der Waals surface area contributed by atoms with Gasteiger partial charge in [-0.05, 0) is 43.9 Å². The van der Waals surface area contributed by atoms with Crippen LogP contribution in [-0.4, -0.2) is 54.3 Å². The van der Waals surface area contributed by atoms with E-state index in [9.17, 15) is 4.79 Å². The molecule has 2 fully saturated rings. The van der Waals surface area contributed by atoms with Crippen LogP contribution in [-0.2, 0) is 9.47 Å². The summed E-state index contributed by atoms with van der Waals surface area (Å²) < 4.78 is 12.9. The maximum atomic E-state index is 12.8. The Labute approximate surface area is 145 Å². The average molecular weight is 346 g/mol. The number of thiazole rings is 1. The summed E-state index contributed by atoms with van der Waals surface area (Å²) in [5.74, 6) is 0.102. The standard InChI is InChI=1S/C18H22N2O3S/c1-22-16-3-2-10-23-18(16)6-8-20(9-7-18)17(21)13-4-5-14-15(11-13)24-12-19-14/h4-5,11-12,16H,2-3,6-10H2,1H3. The van der Waals surface area contributed by atoms with E-state index in [2.05, 4.69) is 4.98 Å². The van der Waals surface area contributed by atoms with Crippen molar-refractivity contribution in [2.75, 3.05) is 26.8 Å². The maximum Gasteiger partial charge on any atom is 0.253 e. The lowest BCUT2D eigenvalue weighted by molar-refractivity contribution is -0.183. The van der Waals surface area contributed by atoms with Gasteiger partial charge in [-0.3, -0.25) is 4.79 Å². The molecule has 4 rings (SSSR count). The van der Waals surface area contributed by atoms with Crippen molar-refractivity contribution in [3.05, 3.63) is 29.3 Å². The number of benzene rings is 1. The fourth-order valence-electron chi connectivity index (χ4n) is 3.96. The minimum atomic E-state index is -0.203. The topological polar surface area (TPSA) is 51.7 Å². The fraction of sp³-hybridized carbons (Fsp3) is 0.556. The van der Waals surface area contributed by atoms with Crippen LogP contribution in [0.1, 0.15) is 36.0 Å². The van der Waals surface area contributed by atoms with E-state index in [1.54, 1.807) is 18.4 Å². The van der Waals surface area contributed by atoms with Gasteiger partial charge in [-0.2, -0.15) is 0 Å². The molecule has 2 aromatic rings. The summed E-state index contributed by atoms with van der Waals surface area (Å²) in [6, 6.07) is 5.76. The molecule has 0 aliphatic carbocycles. The third-order valence-electron chi connectivity index (χ3n) is 5.35. The first-order valence-electron chi connectivity index (χ1n) is 8.51. The summed E-state index contributed by atoms with van der Waals surface area (Å²) in [6.45, 7) is 2.24. The molecule has 1 amide bonds. The van der Waals surface area contributed by atoms with E-state index < -0.39 is 0 Å². The predicted octanol–water partition coefficient (Wildman–Crippen LogP) is 3.10. The van der Waals surface area contributed by atoms with Crippen molar-refractivity contribution in [1.29, 1.82) is 0 Å². The molecule has 1 spiro atoms. The molecular formula is C18H22N2O3S. The summed E-state index contributed by atoms with van der Waals surface area (Å²) in [6.07, 6.45) is 3.95. The largest absolute Gasteiger partial charge is 0.378 e. The molecular weight excluding hydrogens is 324 g/mol. The van der Waals surface area contributed by atoms with Crippen LogP contribution in [0, 0.1) is 0 Å². The number of methoxy groups -OCH3 is 1. The van der Waals surface area contributed by atoms with E-state index in [0.717, 1.165) is 61.2 Å². The van der Waals surface area contributed by atoms with Gasteiger partial charge in [0.1, 0.15) is 0 Å². The number of nitrogens with zero attached hydrogens (tertiary/aromatic N) is 2. The maximum absolute atomic E-state index is 12.8. The van der Waals surface area contributed by atoms with Crippen molar-refractivity contribution in [3.63, 3.8) is 0 Å². The number of fused-ring (bicyclic) bond motifs is 1. The lowest BCUT2D eigenvalue weighted by Crippen LogP contribution is -2.56. The number of aromatic nitrogens is 1. The molecule has 1 aromatic carbocycles. The van der Waals surface area contributed by atoms with Gasteiger partial charge in [0.2, 0.25) is 0 Å². The Morgan fingerprint density at radius 2 is 2.25 bits per heavy atom. The molecule has 0 radical (unpaired) electrons. The van der Waals surface area contributed by atoms with Crippen molar-refractivity contribution < 1.29 is 14.3 Å². The first-order chi connectivity index (χ1) is 11.7. The van der Waals surface area contributed by atoms with Gasteiger partial charge in [-0.1, -0.05) is 0 Å². The quantitative estimate of drug-likeness (QED) is 0.838. The Balaban J connectivity index is 1.47. The zero-order valence-corrected chi connectivity index (χ0v) is 14.7. The minimum Gasteiger partial charge on any atom is -0.378 e. The molecule has 0 saturated carbocycles. The molecule has 2 aliphatic heterocycles. The third-order valence-corrected chi connectivity index (χ3v) is 6.14. The van der Waals surface area contributed by atoms with Crippen molar-refractivity contribution in [2.45, 2.75) is 37.4 Å². The van der Waals surface area contributed by atoms with Crippen LogP contribution in [0.3, 0.4) is 0 Å². The summed E-state index contributed by atoms with van der Waals surface area (Å²) in [7, 11) is 1.77. The molecule has 3 heterocycles. The zero-order valence-electron chi connectivity index (χ0n) is 13.9. The normalized spacial score (nSPS) is 23.7. The van der Waals surface area contributed by atoms with E-state index in [1.165, 1.54) is 0 Å². The SMILES string of the molecule is COC1CCCOC12CCN(C(=O)c1ccc3ncsc3c1)CC2. The lowest BCUT2D eigenvalue weighted by Gasteiger charge is -2.48. The highest BCUT2D eigenvalue weighted by Gasteiger charge is 2.45. The van der Waals surface area contributed by atoms with Crippen LogP contribution < -0.4 is 0 Å². The predicted molar refractivity (Wildman–Crippen MR) is 93.5 cm³/mol. The van der Waals surface area contributed by atoms with Crippen LogP contribution in [0.5, 0.6) is 0 Å². The Kier molecular flexibility index (Phi) is 4.28. The van der Waals surface area contributed by atoms with Crippen LogP contribution in [0.15, 0.2) is 23.7 Å². The summed E-state index contributed by atoms with van der Waals surface area (Å²) in [4.78, 5) is 19.0. The smallest absolute Gasteiger partial charge is 0.253 e. The summed E-state index contributed by atoms with van der Waals surface area (Å²) >= 11 is 1.57. The van der Waals surface area contributed by atoms with Crippen LogP contribution in [0.25, 0.3) is 10.2 Å². The number of amides is 1. The second-order valence-corrected chi connectivity index (χ2v) is 7.49. The van der Waals surface area contributed by atoms with Gasteiger partial charge in [0.15, 0.2) is 0 Å². The van der Waals surface area contributed by atoms with Crippen molar-refractivity contribution in [2.24, 2.45) is 0 Å². The highest BCUT2D eigenvalue weighted by Crippen LogP contribution is 2.37. The second kappa shape index (κ2) is 6.43. The number of carbonyl (C=O) groups excluding carboxylic acids is 1. The molecule has 1 aromatic heterocycles. The third kappa shape index (κ3) is 2.72. The molecule has 1 unspecified atom stereocenters. The fourth-order valence-corrected chi connectivity index (χ4v) is 4.67. The number of likely N-dealkylation sites (tertiary alicyclic amines) is 1. The van der Waals surface area contributed by atoms with E-state index in [1.807, 2.05) is 28.6 Å². The van der Waals surface area contributed by atoms with Gasteiger partial charge < -0.3 is 14.4 Å². The van der Waals surface area contributed by atoms with Gasteiger partial charge in [0.05, 0.1) is 27.4 Å². The van der Waals surface area contributed by atoms with Crippen molar-refractivity contribution >= 4 is 27.5 Å². The van der Waals surface area contributed by atoms with Gasteiger partial charge in [0, 0.05) is 32.4 Å². The number of carbonyl (C=O) groups is 1. The van der Waals surface area contributed by atoms with E-state index in [-0.39, 0.29) is 17.6 Å². The first-order valence-corrected chi connectivity index (χ1v) is 9.39. The van der Waals surface area contributed by atoms with Crippen LogP contribution >= 0.6 is 11.3 Å². The molecule has 6 heteroatoms. The monoisotopic (exact) mass is 346 g/mol. The number of hydrogen-bond acceptors (Lipinski definition) is 5. The molecule has 128 valence electrons. The summed E-state index contributed by atoms with van der Waals surface area (Å²) in [5.41, 5.74) is 3.31. The highest BCUT2D eigenvalue weighted by molar-refractivity contribution is 7.16. The Morgan fingerprint density at radius 1 is 1.42 bits per heavy atom. The van der Waals surface area contributed by atoms with Gasteiger partial charge in [-0.15, -0.1) is 11.3 Å². The molecule has 0 N–H and O–H groups in total. The van der Waals surface area contributed by atoms with Crippen molar-refractivity contribution in [3.8, 4) is 0 Å². The molecule has 1 atom stereocenters. The van der Waals surface area contributed by atoms with Crippen molar-refractivity contribution in [1.82, 2.24) is 9.88 Å². The first kappa shape index (κ1) is 16.0. The molecule has 2 aliphatic rings. The van der Waals surface area contributed by atoms with Gasteiger partial charge in [0.25, 0.3) is 5.91 Å². The van der Waals surface area contributed by atoms with E-state index in [0.29, 0.717) is 0 Å². The van der Waals surface area contributed by atoms with Crippen LogP contribution in [0.4, 0.5) is 0 Å². The van der Waals surface area contributed by atoms with E-state index in [4.69, 9.17) is 9.47 Å². The zero-order chi connectivity index (χ0) is 16.6. The lowest BCUT2D eigenvalue weighted by atomic mass is 9.81. The minimum absolute atomic E-state index is 0.102. The number of ether oxygens (including phenoxy) is 2. The average Bonchev–Trinajstić information content (AvgIpc) is 3.10. The Hall–Kier alpha value is -1.50. The molecule has 24 heavy (non-hydrogen) atoms. The molecule has 2 saturated heterocycles. The van der Waals surface area contributed by atoms with Gasteiger partial charge >= 0.3 is 0 Å². The Morgan fingerprint density at radius 3 is 3.04 bits per heavy atom. The number of rotatable bonds is 2. The molecule has 5 nitrogen and oxygen atoms in total. The second-order valence-electron chi connectivity index (χ2n) is 6.61. The summed E-state index contributed by atoms with van der Waals surface area (Å²) in [5, 5.41) is 0. The van der Waals surface area contributed by atoms with Crippen LogP contribution in [0.2, 0.25) is 0 Å². The number of hydrogen-bond donors (Lipinski definition) is 0.